The van der Waals surface area contributed by atoms with Crippen molar-refractivity contribution < 1.29 is 37.4 Å². The summed E-state index contributed by atoms with van der Waals surface area (Å²) in [5.74, 6) is -6.48. The van der Waals surface area contributed by atoms with Crippen LogP contribution in [0.15, 0.2) is 73.1 Å². The van der Waals surface area contributed by atoms with E-state index in [4.69, 9.17) is 4.74 Å². The molecule has 204 valence electrons. The van der Waals surface area contributed by atoms with E-state index in [9.17, 15) is 32.7 Å². The Kier molecular flexibility index (Phi) is 6.02. The quantitative estimate of drug-likeness (QED) is 0.275. The topological polar surface area (TPSA) is 115 Å². The number of hydrogen-bond donors (Lipinski definition) is 1. The molecule has 0 bridgehead atoms. The van der Waals surface area contributed by atoms with Gasteiger partial charge in [0.2, 0.25) is 0 Å². The average Bonchev–Trinajstić information content (AvgIpc) is 3.55. The van der Waals surface area contributed by atoms with Gasteiger partial charge in [-0.15, -0.1) is 0 Å². The number of carbonyl (C=O) groups excluding carboxylic acids is 2. The number of benzene rings is 3. The molecule has 0 fully saturated rings. The third kappa shape index (κ3) is 4.25. The van der Waals surface area contributed by atoms with Crippen LogP contribution in [0.3, 0.4) is 0 Å². The Hall–Kier alpha value is -5.52. The van der Waals surface area contributed by atoms with Gasteiger partial charge >= 0.3 is 5.97 Å². The van der Waals surface area contributed by atoms with Crippen LogP contribution < -0.4 is 9.64 Å². The molecule has 2 aromatic heterocycles. The van der Waals surface area contributed by atoms with Crippen LogP contribution in [0.4, 0.5) is 19.0 Å². The molecule has 1 N–H and O–H groups in total. The minimum absolute atomic E-state index is 0.0253. The van der Waals surface area contributed by atoms with Crippen molar-refractivity contribution in [1.82, 2.24) is 14.8 Å². The fourth-order valence-corrected chi connectivity index (χ4v) is 4.74. The van der Waals surface area contributed by atoms with Crippen LogP contribution >= 0.6 is 0 Å². The molecule has 12 heteroatoms. The first-order valence-corrected chi connectivity index (χ1v) is 12.1. The zero-order valence-corrected chi connectivity index (χ0v) is 21.0. The molecule has 0 saturated carbocycles. The number of ether oxygens (including phenoxy) is 1. The minimum Gasteiger partial charge on any atom is -0.482 e. The van der Waals surface area contributed by atoms with Gasteiger partial charge in [-0.1, -0.05) is 12.1 Å². The van der Waals surface area contributed by atoms with E-state index in [0.29, 0.717) is 6.07 Å². The molecule has 3 aromatic carbocycles. The highest BCUT2D eigenvalue weighted by atomic mass is 19.1. The highest BCUT2D eigenvalue weighted by Crippen LogP contribution is 2.39. The van der Waals surface area contributed by atoms with E-state index >= 15 is 0 Å². The third-order valence-corrected chi connectivity index (χ3v) is 6.63. The number of carboxylic acid groups (broad SMARTS) is 1. The van der Waals surface area contributed by atoms with Crippen LogP contribution in [0.25, 0.3) is 16.6 Å². The monoisotopic (exact) mass is 558 g/mol. The van der Waals surface area contributed by atoms with Crippen molar-refractivity contribution in [2.45, 2.75) is 13.0 Å². The van der Waals surface area contributed by atoms with Gasteiger partial charge in [-0.25, -0.2) is 32.5 Å². The molecule has 6 rings (SSSR count). The number of aromatic carboxylic acids is 1. The second-order valence-electron chi connectivity index (χ2n) is 9.17. The highest BCUT2D eigenvalue weighted by Gasteiger charge is 2.39. The Morgan fingerprint density at radius 2 is 1.66 bits per heavy atom. The standard InChI is InChI=1S/C29H17F3N4O5/c1-14(19-12-20(29(39)40)21(31)13-23(19)35-8-4-7-33-35)41-24-10-15-9-16(30)11-22(32)25(15)34-26(24)36-27(37)17-5-2-3-6-18(17)28(36)38/h2-14H,1H3,(H,39,40)/t14-/m0/s1. The molecule has 0 aliphatic carbocycles. The fourth-order valence-electron chi connectivity index (χ4n) is 4.74. The Morgan fingerprint density at radius 1 is 0.951 bits per heavy atom. The number of halogens is 3. The lowest BCUT2D eigenvalue weighted by molar-refractivity contribution is 0.0690. The van der Waals surface area contributed by atoms with E-state index in [1.165, 1.54) is 42.2 Å². The van der Waals surface area contributed by atoms with Gasteiger partial charge in [0.15, 0.2) is 17.4 Å². The molecule has 1 aliphatic rings. The second-order valence-corrected chi connectivity index (χ2v) is 9.17. The SMILES string of the molecule is C[C@H](Oc1cc2cc(F)cc(F)c2nc1N1C(=O)c2ccccc2C1=O)c1cc(C(=O)O)c(F)cc1-n1cccn1. The molecule has 41 heavy (non-hydrogen) atoms. The molecule has 0 radical (unpaired) electrons. The Bertz CT molecular complexity index is 1870. The number of aromatic nitrogens is 3. The lowest BCUT2D eigenvalue weighted by Gasteiger charge is -2.23. The van der Waals surface area contributed by atoms with E-state index in [1.807, 2.05) is 0 Å². The van der Waals surface area contributed by atoms with Gasteiger partial charge in [-0.2, -0.15) is 5.10 Å². The number of nitrogens with zero attached hydrogens (tertiary/aromatic N) is 4. The number of amides is 2. The molecule has 0 spiro atoms. The van der Waals surface area contributed by atoms with Crippen molar-refractivity contribution in [2.24, 2.45) is 0 Å². The zero-order valence-electron chi connectivity index (χ0n) is 21.0. The van der Waals surface area contributed by atoms with Gasteiger partial charge in [0.25, 0.3) is 11.8 Å². The Balaban J connectivity index is 1.52. The van der Waals surface area contributed by atoms with Gasteiger partial charge in [0.1, 0.15) is 23.3 Å². The lowest BCUT2D eigenvalue weighted by atomic mass is 10.0. The van der Waals surface area contributed by atoms with E-state index in [2.05, 4.69) is 10.1 Å². The minimum atomic E-state index is -1.52. The van der Waals surface area contributed by atoms with Gasteiger partial charge in [0, 0.05) is 35.5 Å². The number of hydrogen-bond acceptors (Lipinski definition) is 6. The second kappa shape index (κ2) is 9.59. The maximum atomic E-state index is 14.8. The molecular weight excluding hydrogens is 541 g/mol. The summed E-state index contributed by atoms with van der Waals surface area (Å²) in [6, 6.07) is 12.6. The summed E-state index contributed by atoms with van der Waals surface area (Å²) in [7, 11) is 0. The van der Waals surface area contributed by atoms with E-state index in [-0.39, 0.29) is 44.8 Å². The molecule has 0 unspecified atom stereocenters. The number of pyridine rings is 1. The molecule has 1 atom stereocenters. The maximum absolute atomic E-state index is 14.8. The number of carboxylic acids is 1. The predicted molar refractivity (Wildman–Crippen MR) is 139 cm³/mol. The third-order valence-electron chi connectivity index (χ3n) is 6.63. The van der Waals surface area contributed by atoms with Crippen molar-refractivity contribution in [3.8, 4) is 11.4 Å². The fraction of sp³-hybridized carbons (Fsp3) is 0.0690. The van der Waals surface area contributed by atoms with Crippen LogP contribution in [0.2, 0.25) is 0 Å². The number of carbonyl (C=O) groups is 3. The van der Waals surface area contributed by atoms with Crippen molar-refractivity contribution in [3.05, 3.63) is 113 Å². The molecule has 3 heterocycles. The van der Waals surface area contributed by atoms with Gasteiger partial charge in [-0.05, 0) is 43.3 Å². The highest BCUT2D eigenvalue weighted by molar-refractivity contribution is 6.34. The van der Waals surface area contributed by atoms with Crippen LogP contribution in [-0.4, -0.2) is 37.7 Å². The summed E-state index contributed by atoms with van der Waals surface area (Å²) >= 11 is 0. The van der Waals surface area contributed by atoms with Crippen molar-refractivity contribution >= 4 is 34.5 Å². The first-order valence-electron chi connectivity index (χ1n) is 12.1. The van der Waals surface area contributed by atoms with Gasteiger partial charge < -0.3 is 9.84 Å². The molecule has 0 saturated heterocycles. The Labute approximate surface area is 229 Å². The number of imide groups is 1. The van der Waals surface area contributed by atoms with E-state index < -0.39 is 46.9 Å². The smallest absolute Gasteiger partial charge is 0.338 e. The van der Waals surface area contributed by atoms with Gasteiger partial charge in [0.05, 0.1) is 22.4 Å². The Morgan fingerprint density at radius 3 is 2.29 bits per heavy atom. The first-order chi connectivity index (χ1) is 19.6. The average molecular weight is 558 g/mol. The van der Waals surface area contributed by atoms with E-state index in [1.54, 1.807) is 18.2 Å². The van der Waals surface area contributed by atoms with Crippen molar-refractivity contribution in [2.75, 3.05) is 4.90 Å². The summed E-state index contributed by atoms with van der Waals surface area (Å²) in [5, 5.41) is 13.6. The van der Waals surface area contributed by atoms with E-state index in [0.717, 1.165) is 23.1 Å². The normalized spacial score (nSPS) is 13.5. The van der Waals surface area contributed by atoms with Crippen LogP contribution in [-0.2, 0) is 0 Å². The lowest BCUT2D eigenvalue weighted by Crippen LogP contribution is -2.31. The largest absolute Gasteiger partial charge is 0.482 e. The maximum Gasteiger partial charge on any atom is 0.338 e. The zero-order chi connectivity index (χ0) is 29.0. The first kappa shape index (κ1) is 25.7. The summed E-state index contributed by atoms with van der Waals surface area (Å²) in [5.41, 5.74) is -0.422. The number of rotatable bonds is 6. The molecule has 2 amide bonds. The number of fused-ring (bicyclic) bond motifs is 2. The molecule has 9 nitrogen and oxygen atoms in total. The van der Waals surface area contributed by atoms with Gasteiger partial charge in [-0.3, -0.25) is 9.59 Å². The summed E-state index contributed by atoms with van der Waals surface area (Å²) in [4.78, 5) is 43.2. The summed E-state index contributed by atoms with van der Waals surface area (Å²) in [6.07, 6.45) is 1.88. The van der Waals surface area contributed by atoms with Crippen molar-refractivity contribution in [3.63, 3.8) is 0 Å². The molecular formula is C29H17F3N4O5. The summed E-state index contributed by atoms with van der Waals surface area (Å²) in [6.45, 7) is 1.51. The van der Waals surface area contributed by atoms with Crippen LogP contribution in [0.5, 0.6) is 5.75 Å². The van der Waals surface area contributed by atoms with Crippen LogP contribution in [0.1, 0.15) is 49.7 Å². The summed E-state index contributed by atoms with van der Waals surface area (Å²) < 4.78 is 51.0. The van der Waals surface area contributed by atoms with Crippen molar-refractivity contribution in [1.29, 1.82) is 0 Å². The molecule has 1 aliphatic heterocycles. The van der Waals surface area contributed by atoms with Crippen LogP contribution in [0, 0.1) is 17.5 Å². The number of anilines is 1. The predicted octanol–water partition coefficient (Wildman–Crippen LogP) is 5.48. The molecule has 5 aromatic rings.